The first-order valence-corrected chi connectivity index (χ1v) is 7.93. The smallest absolute Gasteiger partial charge is 0.424 e. The van der Waals surface area contributed by atoms with Crippen molar-refractivity contribution in [1.82, 2.24) is 0 Å². The van der Waals surface area contributed by atoms with Crippen LogP contribution in [-0.2, 0) is 24.8 Å². The number of hydrogen-bond acceptors (Lipinski definition) is 5. The molecule has 1 fully saturated rings. The average molecular weight is 330 g/mol. The van der Waals surface area contributed by atoms with Gasteiger partial charge in [0.15, 0.2) is 10.0 Å². The topological polar surface area (TPSA) is 94.9 Å². The van der Waals surface area contributed by atoms with E-state index in [0.29, 0.717) is 12.2 Å². The van der Waals surface area contributed by atoms with Gasteiger partial charge in [-0.05, 0) is 17.7 Å². The van der Waals surface area contributed by atoms with E-state index in [1.807, 2.05) is 4.13 Å². The molecule has 1 heterocycles. The van der Waals surface area contributed by atoms with E-state index in [1.54, 1.807) is 0 Å². The molecule has 0 saturated carbocycles. The number of alkyl halides is 3. The van der Waals surface area contributed by atoms with Gasteiger partial charge in [-0.2, -0.15) is 13.2 Å². The molecule has 1 aromatic rings. The molecule has 0 aliphatic carbocycles. The molecule has 0 amide bonds. The second-order valence-corrected chi connectivity index (χ2v) is 7.29. The van der Waals surface area contributed by atoms with Crippen LogP contribution in [0, 0.1) is 0 Å². The van der Waals surface area contributed by atoms with Gasteiger partial charge in [0.2, 0.25) is 0 Å². The third-order valence-corrected chi connectivity index (χ3v) is 5.39. The lowest BCUT2D eigenvalue weighted by Crippen LogP contribution is -2.24. The van der Waals surface area contributed by atoms with E-state index in [0.717, 1.165) is 12.1 Å². The van der Waals surface area contributed by atoms with Crippen LogP contribution in [0.1, 0.15) is 11.7 Å². The van der Waals surface area contributed by atoms with Crippen molar-refractivity contribution in [3.05, 3.63) is 34.0 Å². The van der Waals surface area contributed by atoms with E-state index in [9.17, 15) is 30.0 Å². The molecule has 6 nitrogen and oxygen atoms in total. The zero-order chi connectivity index (χ0) is 15.2. The first-order chi connectivity index (χ1) is 9.03. The number of benzene rings is 1. The zero-order valence-corrected chi connectivity index (χ0v) is 11.2. The van der Waals surface area contributed by atoms with Crippen LogP contribution in [0.2, 0.25) is 0 Å². The number of sulfonamides is 2. The van der Waals surface area contributed by atoms with Gasteiger partial charge in [-0.1, -0.05) is 12.1 Å². The predicted octanol–water partition coefficient (Wildman–Crippen LogP) is 1.67. The number of hydrogen-bond donors (Lipinski definition) is 0. The lowest BCUT2D eigenvalue weighted by Gasteiger charge is -2.22. The SMILES string of the molecule is O=S(=O)([N-]S(=O)(=O)C(F)(F)F)c1ccc(C2CO2)cc1. The maximum Gasteiger partial charge on any atom is 0.480 e. The summed E-state index contributed by atoms with van der Waals surface area (Å²) in [5.74, 6) is 0. The second-order valence-electron chi connectivity index (χ2n) is 3.86. The van der Waals surface area contributed by atoms with Gasteiger partial charge in [-0.25, -0.2) is 16.8 Å². The minimum Gasteiger partial charge on any atom is -0.424 e. The summed E-state index contributed by atoms with van der Waals surface area (Å²) in [6.45, 7) is 0.471. The standard InChI is InChI=1S/C9H7F3NO5S2/c10-9(11,12)20(16,17)13-19(14,15)7-3-1-6(2-4-7)8-5-18-8/h1-4,8H,5H2/q-1. The molecule has 1 atom stereocenters. The van der Waals surface area contributed by atoms with Gasteiger partial charge in [0.25, 0.3) is 0 Å². The molecule has 112 valence electrons. The molecule has 2 rings (SSSR count). The van der Waals surface area contributed by atoms with E-state index in [2.05, 4.69) is 0 Å². The quantitative estimate of drug-likeness (QED) is 0.783. The Labute approximate surface area is 112 Å². The Morgan fingerprint density at radius 1 is 1.10 bits per heavy atom. The molecule has 0 radical (unpaired) electrons. The average Bonchev–Trinajstić information content (AvgIpc) is 3.10. The highest BCUT2D eigenvalue weighted by molar-refractivity contribution is 8.12. The Kier molecular flexibility index (Phi) is 3.57. The summed E-state index contributed by atoms with van der Waals surface area (Å²) in [6, 6.07) is 4.59. The second kappa shape index (κ2) is 4.69. The van der Waals surface area contributed by atoms with Crippen LogP contribution < -0.4 is 0 Å². The van der Waals surface area contributed by atoms with Gasteiger partial charge in [0, 0.05) is 4.90 Å². The van der Waals surface area contributed by atoms with Crippen LogP contribution >= 0.6 is 0 Å². The molecule has 20 heavy (non-hydrogen) atoms. The Bertz CT molecular complexity index is 705. The first-order valence-electron chi connectivity index (χ1n) is 5.05. The highest BCUT2D eigenvalue weighted by atomic mass is 32.3. The van der Waals surface area contributed by atoms with Crippen molar-refractivity contribution in [3.8, 4) is 0 Å². The van der Waals surface area contributed by atoms with E-state index in [1.165, 1.54) is 12.1 Å². The highest BCUT2D eigenvalue weighted by Gasteiger charge is 2.40. The molecule has 0 spiro atoms. The van der Waals surface area contributed by atoms with Crippen LogP contribution in [0.3, 0.4) is 0 Å². The summed E-state index contributed by atoms with van der Waals surface area (Å²) < 4.78 is 87.7. The Hall–Kier alpha value is -1.17. The molecule has 1 unspecified atom stereocenters. The molecular formula is C9H7F3NO5S2-. The van der Waals surface area contributed by atoms with Crippen molar-refractivity contribution in [1.29, 1.82) is 0 Å². The van der Waals surface area contributed by atoms with Crippen molar-refractivity contribution in [3.63, 3.8) is 0 Å². The van der Waals surface area contributed by atoms with Gasteiger partial charge in [0.1, 0.15) is 16.1 Å². The fourth-order valence-electron chi connectivity index (χ4n) is 1.31. The van der Waals surface area contributed by atoms with Gasteiger partial charge < -0.3 is 8.86 Å². The van der Waals surface area contributed by atoms with Crippen LogP contribution in [0.15, 0.2) is 29.2 Å². The summed E-state index contributed by atoms with van der Waals surface area (Å²) in [6.07, 6.45) is -0.164. The summed E-state index contributed by atoms with van der Waals surface area (Å²) >= 11 is 0. The van der Waals surface area contributed by atoms with Gasteiger partial charge >= 0.3 is 5.51 Å². The van der Waals surface area contributed by atoms with E-state index < -0.39 is 30.5 Å². The lowest BCUT2D eigenvalue weighted by atomic mass is 10.2. The molecule has 0 N–H and O–H groups in total. The number of ether oxygens (including phenoxy) is 1. The van der Waals surface area contributed by atoms with Gasteiger partial charge in [0.05, 0.1) is 6.61 Å². The van der Waals surface area contributed by atoms with Crippen molar-refractivity contribution < 1.29 is 34.7 Å². The highest BCUT2D eigenvalue weighted by Crippen LogP contribution is 2.34. The fourth-order valence-corrected chi connectivity index (χ4v) is 3.51. The lowest BCUT2D eigenvalue weighted by molar-refractivity contribution is -0.0425. The van der Waals surface area contributed by atoms with Crippen molar-refractivity contribution in [2.45, 2.75) is 16.5 Å². The van der Waals surface area contributed by atoms with Crippen LogP contribution in [-0.4, -0.2) is 29.0 Å². The molecular weight excluding hydrogens is 323 g/mol. The summed E-state index contributed by atoms with van der Waals surface area (Å²) in [4.78, 5) is -0.644. The van der Waals surface area contributed by atoms with E-state index in [4.69, 9.17) is 4.74 Å². The van der Waals surface area contributed by atoms with E-state index >= 15 is 0 Å². The number of rotatable bonds is 4. The largest absolute Gasteiger partial charge is 0.480 e. The van der Waals surface area contributed by atoms with Crippen LogP contribution in [0.5, 0.6) is 0 Å². The third kappa shape index (κ3) is 3.11. The number of epoxide rings is 1. The molecule has 11 heteroatoms. The van der Waals surface area contributed by atoms with Crippen molar-refractivity contribution >= 4 is 20.0 Å². The Balaban J connectivity index is 2.26. The minimum atomic E-state index is -6.11. The minimum absolute atomic E-state index is 0.164. The molecule has 1 saturated heterocycles. The maximum absolute atomic E-state index is 12.1. The monoisotopic (exact) mass is 330 g/mol. The first kappa shape index (κ1) is 15.2. The van der Waals surface area contributed by atoms with Crippen LogP contribution in [0.4, 0.5) is 13.2 Å². The summed E-state index contributed by atoms with van der Waals surface area (Å²) in [5.41, 5.74) is -5.12. The van der Waals surface area contributed by atoms with Crippen molar-refractivity contribution in [2.75, 3.05) is 6.61 Å². The van der Waals surface area contributed by atoms with Gasteiger partial charge in [-0.15, -0.1) is 0 Å². The molecule has 1 aromatic carbocycles. The molecule has 0 bridgehead atoms. The molecule has 0 aromatic heterocycles. The summed E-state index contributed by atoms with van der Waals surface area (Å²) in [7, 11) is -11.1. The molecule has 1 aliphatic rings. The zero-order valence-electron chi connectivity index (χ0n) is 9.53. The number of nitrogens with zero attached hydrogens (tertiary/aromatic N) is 1. The predicted molar refractivity (Wildman–Crippen MR) is 60.7 cm³/mol. The van der Waals surface area contributed by atoms with Crippen molar-refractivity contribution in [2.24, 2.45) is 0 Å². The Morgan fingerprint density at radius 2 is 1.60 bits per heavy atom. The maximum atomic E-state index is 12.1. The van der Waals surface area contributed by atoms with E-state index in [-0.39, 0.29) is 6.10 Å². The molecule has 1 aliphatic heterocycles. The Morgan fingerprint density at radius 3 is 2.00 bits per heavy atom. The normalized spacial score (nSPS) is 19.9. The van der Waals surface area contributed by atoms with Crippen LogP contribution in [0.25, 0.3) is 4.13 Å². The third-order valence-electron chi connectivity index (χ3n) is 2.37. The summed E-state index contributed by atoms with van der Waals surface area (Å²) in [5, 5.41) is 0. The van der Waals surface area contributed by atoms with Gasteiger partial charge in [-0.3, -0.25) is 0 Å². The number of halogens is 3. The fraction of sp³-hybridized carbons (Fsp3) is 0.333.